The summed E-state index contributed by atoms with van der Waals surface area (Å²) in [5.41, 5.74) is 1.53. The summed E-state index contributed by atoms with van der Waals surface area (Å²) in [6.07, 6.45) is 0. The second kappa shape index (κ2) is 8.02. The Bertz CT molecular complexity index is 1280. The summed E-state index contributed by atoms with van der Waals surface area (Å²) >= 11 is 6.96. The Labute approximate surface area is 177 Å². The molecule has 29 heavy (non-hydrogen) atoms. The number of carbonyl (C=O) groups is 1. The summed E-state index contributed by atoms with van der Waals surface area (Å²) in [6.45, 7) is 0. The minimum absolute atomic E-state index is 0.0509. The smallest absolute Gasteiger partial charge is 0.270 e. The summed E-state index contributed by atoms with van der Waals surface area (Å²) in [5.74, 6) is -0.0858. The van der Waals surface area contributed by atoms with E-state index in [2.05, 4.69) is 4.98 Å². The van der Waals surface area contributed by atoms with E-state index in [-0.39, 0.29) is 21.6 Å². The van der Waals surface area contributed by atoms with Crippen LogP contribution in [0.3, 0.4) is 0 Å². The number of Topliss-reactive ketones (excluding diaryl/α,β-unsaturated/α-hetero) is 1. The minimum atomic E-state index is -3.87. The normalized spacial score (nSPS) is 11.6. The molecule has 0 saturated carbocycles. The molecule has 5 nitrogen and oxygen atoms in total. The van der Waals surface area contributed by atoms with Crippen molar-refractivity contribution in [2.45, 2.75) is 10.1 Å². The number of carbonyl (C=O) groups excluding carboxylic acids is 1. The van der Waals surface area contributed by atoms with E-state index in [0.717, 1.165) is 11.8 Å². The van der Waals surface area contributed by atoms with Gasteiger partial charge in [-0.3, -0.25) is 4.79 Å². The van der Waals surface area contributed by atoms with Crippen molar-refractivity contribution in [1.82, 2.24) is 8.96 Å². The third-order valence-corrected chi connectivity index (χ3v) is 7.29. The van der Waals surface area contributed by atoms with Crippen LogP contribution in [0.2, 0.25) is 5.02 Å². The Balaban J connectivity index is 1.72. The number of para-hydroxylation sites is 2. The molecule has 0 aliphatic rings. The van der Waals surface area contributed by atoms with Crippen LogP contribution in [-0.4, -0.2) is 28.9 Å². The Hall–Kier alpha value is -2.61. The van der Waals surface area contributed by atoms with Crippen LogP contribution in [-0.2, 0) is 10.0 Å². The number of ketones is 1. The molecule has 1 aromatic heterocycles. The van der Waals surface area contributed by atoms with Gasteiger partial charge in [0, 0.05) is 10.6 Å². The van der Waals surface area contributed by atoms with Crippen molar-refractivity contribution in [3.8, 4) is 0 Å². The molecule has 4 rings (SSSR count). The zero-order valence-corrected chi connectivity index (χ0v) is 17.4. The predicted octanol–water partition coefficient (Wildman–Crippen LogP) is 4.90. The van der Waals surface area contributed by atoms with Crippen LogP contribution in [0.15, 0.2) is 88.9 Å². The number of benzene rings is 3. The Morgan fingerprint density at radius 3 is 2.31 bits per heavy atom. The molecule has 0 N–H and O–H groups in total. The van der Waals surface area contributed by atoms with Crippen LogP contribution in [0.5, 0.6) is 0 Å². The van der Waals surface area contributed by atoms with Crippen LogP contribution in [0.4, 0.5) is 0 Å². The standard InChI is InChI=1S/C21H15ClN2O3S2/c22-16-12-10-15(11-13-16)20(25)14-28-21-23-18-8-4-5-9-19(18)24(21)29(26,27)17-6-2-1-3-7-17/h1-13H,14H2. The van der Waals surface area contributed by atoms with E-state index in [1.807, 2.05) is 0 Å². The van der Waals surface area contributed by atoms with Crippen LogP contribution in [0, 0.1) is 0 Å². The first-order valence-corrected chi connectivity index (χ1v) is 11.5. The monoisotopic (exact) mass is 442 g/mol. The van der Waals surface area contributed by atoms with Gasteiger partial charge in [-0.05, 0) is 48.5 Å². The molecule has 0 amide bonds. The maximum atomic E-state index is 13.3. The largest absolute Gasteiger partial charge is 0.293 e. The first-order valence-electron chi connectivity index (χ1n) is 8.66. The van der Waals surface area contributed by atoms with Gasteiger partial charge in [-0.1, -0.05) is 53.7 Å². The Kier molecular flexibility index (Phi) is 5.45. The van der Waals surface area contributed by atoms with E-state index in [1.165, 1.54) is 16.1 Å². The highest BCUT2D eigenvalue weighted by atomic mass is 35.5. The van der Waals surface area contributed by atoms with Gasteiger partial charge in [0.1, 0.15) is 0 Å². The molecule has 0 spiro atoms. The molecule has 0 unspecified atom stereocenters. The van der Waals surface area contributed by atoms with E-state index in [4.69, 9.17) is 11.6 Å². The molecular formula is C21H15ClN2O3S2. The van der Waals surface area contributed by atoms with Gasteiger partial charge < -0.3 is 0 Å². The fourth-order valence-electron chi connectivity index (χ4n) is 2.85. The molecule has 0 aliphatic heterocycles. The van der Waals surface area contributed by atoms with Gasteiger partial charge in [0.25, 0.3) is 10.0 Å². The molecule has 0 radical (unpaired) electrons. The summed E-state index contributed by atoms with van der Waals surface area (Å²) in [4.78, 5) is 17.1. The molecule has 146 valence electrons. The Morgan fingerprint density at radius 1 is 0.931 bits per heavy atom. The summed E-state index contributed by atoms with van der Waals surface area (Å²) in [6, 6.07) is 21.8. The first kappa shape index (κ1) is 19.7. The van der Waals surface area contributed by atoms with Crippen LogP contribution >= 0.6 is 23.4 Å². The van der Waals surface area contributed by atoms with E-state index >= 15 is 0 Å². The van der Waals surface area contributed by atoms with Crippen LogP contribution in [0.25, 0.3) is 11.0 Å². The lowest BCUT2D eigenvalue weighted by molar-refractivity contribution is 0.102. The fourth-order valence-corrected chi connectivity index (χ4v) is 5.61. The van der Waals surface area contributed by atoms with E-state index in [9.17, 15) is 13.2 Å². The van der Waals surface area contributed by atoms with Gasteiger partial charge >= 0.3 is 0 Å². The number of halogens is 1. The highest BCUT2D eigenvalue weighted by molar-refractivity contribution is 8.00. The molecule has 0 bridgehead atoms. The highest BCUT2D eigenvalue weighted by Crippen LogP contribution is 2.29. The number of thioether (sulfide) groups is 1. The molecule has 1 heterocycles. The zero-order chi connectivity index (χ0) is 20.4. The summed E-state index contributed by atoms with van der Waals surface area (Å²) < 4.78 is 27.8. The Morgan fingerprint density at radius 2 is 1.59 bits per heavy atom. The number of aromatic nitrogens is 2. The van der Waals surface area contributed by atoms with Gasteiger partial charge in [0.15, 0.2) is 10.9 Å². The lowest BCUT2D eigenvalue weighted by atomic mass is 10.1. The topological polar surface area (TPSA) is 69.0 Å². The van der Waals surface area contributed by atoms with Gasteiger partial charge in [-0.25, -0.2) is 17.4 Å². The van der Waals surface area contributed by atoms with Crippen molar-refractivity contribution >= 4 is 50.2 Å². The molecule has 0 fully saturated rings. The quantitative estimate of drug-likeness (QED) is 0.313. The predicted molar refractivity (Wildman–Crippen MR) is 115 cm³/mol. The van der Waals surface area contributed by atoms with Crippen molar-refractivity contribution in [2.75, 3.05) is 5.75 Å². The number of imidazole rings is 1. The fraction of sp³-hybridized carbons (Fsp3) is 0.0476. The zero-order valence-electron chi connectivity index (χ0n) is 15.0. The lowest BCUT2D eigenvalue weighted by Crippen LogP contribution is -2.14. The van der Waals surface area contributed by atoms with Gasteiger partial charge in [-0.2, -0.15) is 0 Å². The molecule has 3 aromatic carbocycles. The van der Waals surface area contributed by atoms with Gasteiger partial charge in [0.05, 0.1) is 21.7 Å². The third-order valence-electron chi connectivity index (χ3n) is 4.27. The lowest BCUT2D eigenvalue weighted by Gasteiger charge is -2.10. The number of hydrogen-bond acceptors (Lipinski definition) is 5. The number of rotatable bonds is 6. The van der Waals surface area contributed by atoms with Crippen molar-refractivity contribution in [3.05, 3.63) is 89.4 Å². The average Bonchev–Trinajstić information content (AvgIpc) is 3.12. The molecule has 0 aliphatic carbocycles. The van der Waals surface area contributed by atoms with Gasteiger partial charge in [-0.15, -0.1) is 0 Å². The highest BCUT2D eigenvalue weighted by Gasteiger charge is 2.25. The van der Waals surface area contributed by atoms with Crippen LogP contribution < -0.4 is 0 Å². The van der Waals surface area contributed by atoms with Crippen LogP contribution in [0.1, 0.15) is 10.4 Å². The van der Waals surface area contributed by atoms with E-state index < -0.39 is 10.0 Å². The molecular weight excluding hydrogens is 428 g/mol. The van der Waals surface area contributed by atoms with Crippen molar-refractivity contribution in [2.24, 2.45) is 0 Å². The van der Waals surface area contributed by atoms with Crippen molar-refractivity contribution in [1.29, 1.82) is 0 Å². The van der Waals surface area contributed by atoms with E-state index in [1.54, 1.807) is 66.7 Å². The summed E-state index contributed by atoms with van der Waals surface area (Å²) in [5, 5.41) is 0.794. The maximum Gasteiger partial charge on any atom is 0.270 e. The van der Waals surface area contributed by atoms with Gasteiger partial charge in [0.2, 0.25) is 0 Å². The SMILES string of the molecule is O=C(CSc1nc2ccccc2n1S(=O)(=O)c1ccccc1)c1ccc(Cl)cc1. The maximum absolute atomic E-state index is 13.3. The molecule has 4 aromatic rings. The first-order chi connectivity index (χ1) is 14.0. The number of fused-ring (bicyclic) bond motifs is 1. The van der Waals surface area contributed by atoms with E-state index in [0.29, 0.717) is 21.6 Å². The minimum Gasteiger partial charge on any atom is -0.293 e. The molecule has 8 heteroatoms. The molecule has 0 saturated heterocycles. The summed E-state index contributed by atoms with van der Waals surface area (Å²) in [7, 11) is -3.87. The average molecular weight is 443 g/mol. The number of nitrogens with zero attached hydrogens (tertiary/aromatic N) is 2. The number of hydrogen-bond donors (Lipinski definition) is 0. The second-order valence-corrected chi connectivity index (χ2v) is 9.35. The second-order valence-electron chi connectivity index (χ2n) is 6.18. The third kappa shape index (κ3) is 3.94. The molecule has 0 atom stereocenters. The van der Waals surface area contributed by atoms with Crippen molar-refractivity contribution < 1.29 is 13.2 Å². The van der Waals surface area contributed by atoms with Crippen molar-refractivity contribution in [3.63, 3.8) is 0 Å².